The molecule has 1 atom stereocenters. The lowest BCUT2D eigenvalue weighted by atomic mass is 9.67. The second-order valence-electron chi connectivity index (χ2n) is 9.37. The van der Waals surface area contributed by atoms with Crippen LogP contribution in [0.5, 0.6) is 0 Å². The third kappa shape index (κ3) is 5.67. The van der Waals surface area contributed by atoms with E-state index in [1.54, 1.807) is 0 Å². The number of nitrogens with zero attached hydrogens (tertiary/aromatic N) is 2. The van der Waals surface area contributed by atoms with Crippen molar-refractivity contribution in [3.8, 4) is 0 Å². The van der Waals surface area contributed by atoms with Gasteiger partial charge in [-0.3, -0.25) is 9.69 Å². The number of amides is 1. The van der Waals surface area contributed by atoms with Crippen LogP contribution in [0.4, 0.5) is 0 Å². The maximum Gasteiger partial charge on any atom is 0.234 e. The van der Waals surface area contributed by atoms with Crippen LogP contribution in [0, 0.1) is 5.92 Å². The summed E-state index contributed by atoms with van der Waals surface area (Å²) >= 11 is 0. The monoisotopic (exact) mass is 423 g/mol. The van der Waals surface area contributed by atoms with E-state index in [0.717, 1.165) is 26.1 Å². The zero-order chi connectivity index (χ0) is 22.3. The van der Waals surface area contributed by atoms with Gasteiger partial charge in [0.15, 0.2) is 0 Å². The van der Waals surface area contributed by atoms with E-state index < -0.39 is 0 Å². The highest BCUT2D eigenvalue weighted by Gasteiger charge is 2.37. The van der Waals surface area contributed by atoms with E-state index in [0.29, 0.717) is 19.0 Å². The molecule has 1 saturated heterocycles. The summed E-state index contributed by atoms with van der Waals surface area (Å²) < 4.78 is 0. The van der Waals surface area contributed by atoms with Gasteiger partial charge in [-0.1, -0.05) is 70.2 Å². The molecule has 4 nitrogen and oxygen atoms in total. The van der Waals surface area contributed by atoms with Crippen LogP contribution >= 0.6 is 0 Å². The van der Waals surface area contributed by atoms with Crippen LogP contribution in [0.15, 0.2) is 42.5 Å². The average molecular weight is 424 g/mol. The van der Waals surface area contributed by atoms with Gasteiger partial charge in [-0.2, -0.15) is 0 Å². The lowest BCUT2D eigenvalue weighted by Gasteiger charge is -2.40. The standard InChI is InChI=1S/C27H41N3O/c1-5-29(6-2)20-26(31)28-21-27(22(3)4,16-19-30-17-9-10-18-30)25-15-11-13-23-12-7-8-14-24(23)25/h7-8,11-15,22H,5-6,9-10,16-21H2,1-4H3,(H,28,31). The van der Waals surface area contributed by atoms with Crippen molar-refractivity contribution in [3.63, 3.8) is 0 Å². The van der Waals surface area contributed by atoms with Gasteiger partial charge in [-0.15, -0.1) is 0 Å². The molecule has 0 radical (unpaired) electrons. The molecule has 31 heavy (non-hydrogen) atoms. The molecule has 1 fully saturated rings. The minimum Gasteiger partial charge on any atom is -0.354 e. The number of hydrogen-bond donors (Lipinski definition) is 1. The molecule has 3 rings (SSSR count). The van der Waals surface area contributed by atoms with E-state index in [-0.39, 0.29) is 11.3 Å². The van der Waals surface area contributed by atoms with Crippen molar-refractivity contribution in [2.75, 3.05) is 45.8 Å². The van der Waals surface area contributed by atoms with Crippen LogP contribution in [0.25, 0.3) is 10.8 Å². The van der Waals surface area contributed by atoms with E-state index in [2.05, 4.69) is 85.3 Å². The number of carbonyl (C=O) groups excluding carboxylic acids is 1. The summed E-state index contributed by atoms with van der Waals surface area (Å²) in [6.45, 7) is 15.3. The summed E-state index contributed by atoms with van der Waals surface area (Å²) in [5.74, 6) is 0.546. The normalized spacial score (nSPS) is 16.8. The Hall–Kier alpha value is -1.91. The van der Waals surface area contributed by atoms with Gasteiger partial charge in [0.2, 0.25) is 5.91 Å². The molecule has 0 aliphatic carbocycles. The highest BCUT2D eigenvalue weighted by Crippen LogP contribution is 2.39. The Kier molecular flexibility index (Phi) is 8.50. The largest absolute Gasteiger partial charge is 0.354 e. The molecule has 4 heteroatoms. The third-order valence-corrected chi connectivity index (χ3v) is 7.37. The average Bonchev–Trinajstić information content (AvgIpc) is 3.31. The molecule has 0 aromatic heterocycles. The second-order valence-corrected chi connectivity index (χ2v) is 9.37. The summed E-state index contributed by atoms with van der Waals surface area (Å²) in [5.41, 5.74) is 1.28. The topological polar surface area (TPSA) is 35.6 Å². The molecule has 1 unspecified atom stereocenters. The van der Waals surface area contributed by atoms with Crippen molar-refractivity contribution < 1.29 is 4.79 Å². The number of rotatable bonds is 11. The molecule has 0 bridgehead atoms. The van der Waals surface area contributed by atoms with Crippen molar-refractivity contribution in [2.45, 2.75) is 52.4 Å². The Labute approximate surface area is 189 Å². The molecule has 2 aromatic rings. The first kappa shape index (κ1) is 23.7. The molecule has 1 aliphatic rings. The molecule has 0 spiro atoms. The minimum absolute atomic E-state index is 0.0949. The number of likely N-dealkylation sites (tertiary alicyclic amines) is 1. The number of benzene rings is 2. The van der Waals surface area contributed by atoms with Gasteiger partial charge in [0.1, 0.15) is 0 Å². The molecule has 1 heterocycles. The summed E-state index contributed by atoms with van der Waals surface area (Å²) in [4.78, 5) is 17.6. The van der Waals surface area contributed by atoms with Crippen LogP contribution in [0.2, 0.25) is 0 Å². The molecule has 1 N–H and O–H groups in total. The maximum absolute atomic E-state index is 12.8. The van der Waals surface area contributed by atoms with Gasteiger partial charge in [0, 0.05) is 12.0 Å². The quantitative estimate of drug-likeness (QED) is 0.570. The minimum atomic E-state index is -0.0949. The number of hydrogen-bond acceptors (Lipinski definition) is 3. The predicted octanol–water partition coefficient (Wildman–Crippen LogP) is 4.68. The SMILES string of the molecule is CCN(CC)CC(=O)NCC(CCN1CCCC1)(c1cccc2ccccc12)C(C)C. The Morgan fingerprint density at radius 1 is 1.06 bits per heavy atom. The molecular weight excluding hydrogens is 382 g/mol. The summed E-state index contributed by atoms with van der Waals surface area (Å²) in [6.07, 6.45) is 3.68. The number of nitrogens with one attached hydrogen (secondary N) is 1. The van der Waals surface area contributed by atoms with Crippen molar-refractivity contribution >= 4 is 16.7 Å². The third-order valence-electron chi connectivity index (χ3n) is 7.37. The van der Waals surface area contributed by atoms with Gasteiger partial charge >= 0.3 is 0 Å². The predicted molar refractivity (Wildman–Crippen MR) is 132 cm³/mol. The fourth-order valence-electron chi connectivity index (χ4n) is 5.11. The molecule has 0 saturated carbocycles. The zero-order valence-corrected chi connectivity index (χ0v) is 20.0. The summed E-state index contributed by atoms with van der Waals surface area (Å²) in [6, 6.07) is 15.4. The lowest BCUT2D eigenvalue weighted by Crippen LogP contribution is -2.48. The summed E-state index contributed by atoms with van der Waals surface area (Å²) in [7, 11) is 0. The molecule has 170 valence electrons. The Morgan fingerprint density at radius 2 is 1.74 bits per heavy atom. The molecular formula is C27H41N3O. The number of carbonyl (C=O) groups is 1. The second kappa shape index (κ2) is 11.1. The van der Waals surface area contributed by atoms with Crippen molar-refractivity contribution in [1.29, 1.82) is 0 Å². The maximum atomic E-state index is 12.8. The Bertz CT molecular complexity index is 834. The van der Waals surface area contributed by atoms with Gasteiger partial charge < -0.3 is 10.2 Å². The molecule has 2 aromatic carbocycles. The van der Waals surface area contributed by atoms with E-state index in [9.17, 15) is 4.79 Å². The first-order valence-corrected chi connectivity index (χ1v) is 12.2. The first-order chi connectivity index (χ1) is 15.0. The molecule has 1 aliphatic heterocycles. The fourth-order valence-corrected chi connectivity index (χ4v) is 5.11. The van der Waals surface area contributed by atoms with E-state index in [4.69, 9.17) is 0 Å². The van der Waals surface area contributed by atoms with Crippen LogP contribution in [0.1, 0.15) is 52.5 Å². The Morgan fingerprint density at radius 3 is 2.42 bits per heavy atom. The fraction of sp³-hybridized carbons (Fsp3) is 0.593. The van der Waals surface area contributed by atoms with Gasteiger partial charge in [0.05, 0.1) is 6.54 Å². The zero-order valence-electron chi connectivity index (χ0n) is 20.0. The van der Waals surface area contributed by atoms with Crippen LogP contribution in [-0.4, -0.2) is 61.5 Å². The lowest BCUT2D eigenvalue weighted by molar-refractivity contribution is -0.122. The first-order valence-electron chi connectivity index (χ1n) is 12.2. The number of fused-ring (bicyclic) bond motifs is 1. The van der Waals surface area contributed by atoms with Crippen molar-refractivity contribution in [2.24, 2.45) is 5.92 Å². The van der Waals surface area contributed by atoms with Crippen LogP contribution < -0.4 is 5.32 Å². The van der Waals surface area contributed by atoms with E-state index in [1.807, 2.05) is 0 Å². The van der Waals surface area contributed by atoms with Crippen LogP contribution in [0.3, 0.4) is 0 Å². The molecule has 1 amide bonds. The smallest absolute Gasteiger partial charge is 0.234 e. The van der Waals surface area contributed by atoms with Crippen LogP contribution in [-0.2, 0) is 10.2 Å². The Balaban J connectivity index is 1.92. The van der Waals surface area contributed by atoms with Gasteiger partial charge in [-0.25, -0.2) is 0 Å². The van der Waals surface area contributed by atoms with Crippen molar-refractivity contribution in [3.05, 3.63) is 48.0 Å². The highest BCUT2D eigenvalue weighted by molar-refractivity contribution is 5.87. The summed E-state index contributed by atoms with van der Waals surface area (Å²) in [5, 5.41) is 5.94. The highest BCUT2D eigenvalue weighted by atomic mass is 16.2. The van der Waals surface area contributed by atoms with E-state index >= 15 is 0 Å². The van der Waals surface area contributed by atoms with Gasteiger partial charge in [-0.05, 0) is 74.2 Å². The number of likely N-dealkylation sites (N-methyl/N-ethyl adjacent to an activating group) is 1. The van der Waals surface area contributed by atoms with Crippen molar-refractivity contribution in [1.82, 2.24) is 15.1 Å². The van der Waals surface area contributed by atoms with Gasteiger partial charge in [0.25, 0.3) is 0 Å². The van der Waals surface area contributed by atoms with E-state index in [1.165, 1.54) is 42.3 Å².